The van der Waals surface area contributed by atoms with Crippen LogP contribution in [0.2, 0.25) is 0 Å². The highest BCUT2D eigenvalue weighted by atomic mass is 16.5. The maximum Gasteiger partial charge on any atom is 0.230 e. The van der Waals surface area contributed by atoms with Gasteiger partial charge in [-0.25, -0.2) is 0 Å². The van der Waals surface area contributed by atoms with Gasteiger partial charge in [-0.3, -0.25) is 14.5 Å². The van der Waals surface area contributed by atoms with Gasteiger partial charge in [-0.2, -0.15) is 0 Å². The standard InChI is InChI=1S/C26H30N2O3/c1-16(2)25(30)28-20-12-8-7-11-18(20)27-19-14-26(3,4)15-21(29)23(19)24(28)17-10-6-9-13-22(17)31-5/h6-13,16,24,27H,14-15H2,1-5H3/t24-/m1/s1. The van der Waals surface area contributed by atoms with Crippen molar-refractivity contribution in [2.75, 3.05) is 17.3 Å². The highest BCUT2D eigenvalue weighted by molar-refractivity contribution is 6.06. The maximum atomic E-state index is 13.6. The lowest BCUT2D eigenvalue weighted by Crippen LogP contribution is -2.41. The number of carbonyl (C=O) groups is 2. The van der Waals surface area contributed by atoms with E-state index in [-0.39, 0.29) is 23.0 Å². The summed E-state index contributed by atoms with van der Waals surface area (Å²) < 4.78 is 5.68. The average molecular weight is 419 g/mol. The lowest BCUT2D eigenvalue weighted by Gasteiger charge is -2.38. The first-order valence-electron chi connectivity index (χ1n) is 10.8. The number of hydrogen-bond donors (Lipinski definition) is 1. The first-order valence-corrected chi connectivity index (χ1v) is 10.8. The molecule has 0 saturated carbocycles. The van der Waals surface area contributed by atoms with Gasteiger partial charge in [0.25, 0.3) is 0 Å². The molecule has 1 N–H and O–H groups in total. The highest BCUT2D eigenvalue weighted by Gasteiger charge is 2.44. The van der Waals surface area contributed by atoms with Crippen molar-refractivity contribution >= 4 is 23.1 Å². The molecule has 4 rings (SSSR count). The molecule has 31 heavy (non-hydrogen) atoms. The molecule has 1 atom stereocenters. The quantitative estimate of drug-likeness (QED) is 0.716. The van der Waals surface area contributed by atoms with Crippen molar-refractivity contribution in [1.29, 1.82) is 0 Å². The third kappa shape index (κ3) is 3.73. The van der Waals surface area contributed by atoms with Gasteiger partial charge in [0.15, 0.2) is 5.78 Å². The predicted molar refractivity (Wildman–Crippen MR) is 123 cm³/mol. The first kappa shape index (κ1) is 21.2. The van der Waals surface area contributed by atoms with Gasteiger partial charge >= 0.3 is 0 Å². The second kappa shape index (κ2) is 7.88. The Labute approximate surface area is 184 Å². The van der Waals surface area contributed by atoms with Crippen molar-refractivity contribution in [3.63, 3.8) is 0 Å². The van der Waals surface area contributed by atoms with E-state index in [2.05, 4.69) is 19.2 Å². The monoisotopic (exact) mass is 418 g/mol. The van der Waals surface area contributed by atoms with E-state index in [0.29, 0.717) is 17.7 Å². The summed E-state index contributed by atoms with van der Waals surface area (Å²) in [4.78, 5) is 29.0. The summed E-state index contributed by atoms with van der Waals surface area (Å²) in [6.07, 6.45) is 1.18. The first-order chi connectivity index (χ1) is 14.7. The summed E-state index contributed by atoms with van der Waals surface area (Å²) in [6.45, 7) is 8.01. The van der Waals surface area contributed by atoms with E-state index < -0.39 is 6.04 Å². The van der Waals surface area contributed by atoms with Gasteiger partial charge < -0.3 is 10.1 Å². The van der Waals surface area contributed by atoms with Crippen molar-refractivity contribution < 1.29 is 14.3 Å². The molecule has 0 aromatic heterocycles. The predicted octanol–water partition coefficient (Wildman–Crippen LogP) is 5.49. The SMILES string of the molecule is COc1ccccc1[C@@H]1C2=C(CC(C)(C)CC2=O)Nc2ccccc2N1C(=O)C(C)C. The minimum absolute atomic E-state index is 0.0310. The van der Waals surface area contributed by atoms with E-state index in [9.17, 15) is 9.59 Å². The summed E-state index contributed by atoms with van der Waals surface area (Å²) in [6, 6.07) is 14.9. The lowest BCUT2D eigenvalue weighted by atomic mass is 9.73. The van der Waals surface area contributed by atoms with Gasteiger partial charge in [-0.05, 0) is 30.0 Å². The van der Waals surface area contributed by atoms with Crippen molar-refractivity contribution in [1.82, 2.24) is 0 Å². The van der Waals surface area contributed by atoms with Crippen LogP contribution in [0.3, 0.4) is 0 Å². The number of rotatable bonds is 3. The molecule has 0 bridgehead atoms. The number of Topliss-reactive ketones (excluding diaryl/α,β-unsaturated/α-hetero) is 1. The number of nitrogens with zero attached hydrogens (tertiary/aromatic N) is 1. The number of fused-ring (bicyclic) bond motifs is 1. The maximum absolute atomic E-state index is 13.6. The minimum atomic E-state index is -0.555. The molecular weight excluding hydrogens is 388 g/mol. The lowest BCUT2D eigenvalue weighted by molar-refractivity contribution is -0.122. The second-order valence-corrected chi connectivity index (χ2v) is 9.48. The molecule has 0 spiro atoms. The van der Waals surface area contributed by atoms with Gasteiger partial charge in [0.05, 0.1) is 24.5 Å². The van der Waals surface area contributed by atoms with Crippen LogP contribution in [-0.4, -0.2) is 18.8 Å². The zero-order chi connectivity index (χ0) is 22.3. The minimum Gasteiger partial charge on any atom is -0.496 e. The van der Waals surface area contributed by atoms with Gasteiger partial charge in [-0.15, -0.1) is 0 Å². The number of carbonyl (C=O) groups excluding carboxylic acids is 2. The fraction of sp³-hybridized carbons (Fsp3) is 0.385. The Balaban J connectivity index is 2.06. The van der Waals surface area contributed by atoms with Gasteiger partial charge in [-0.1, -0.05) is 58.0 Å². The molecule has 2 aromatic rings. The van der Waals surface area contributed by atoms with Crippen LogP contribution in [0.1, 0.15) is 52.1 Å². The fourth-order valence-electron chi connectivity index (χ4n) is 4.69. The van der Waals surface area contributed by atoms with Crippen molar-refractivity contribution in [3.05, 3.63) is 65.4 Å². The number of allylic oxidation sites excluding steroid dienone is 1. The van der Waals surface area contributed by atoms with Crippen LogP contribution < -0.4 is 15.0 Å². The number of anilines is 2. The zero-order valence-corrected chi connectivity index (χ0v) is 18.9. The number of methoxy groups -OCH3 is 1. The summed E-state index contributed by atoms with van der Waals surface area (Å²) >= 11 is 0. The van der Waals surface area contributed by atoms with E-state index in [1.54, 1.807) is 12.0 Å². The molecule has 1 aliphatic carbocycles. The Morgan fingerprint density at radius 2 is 1.77 bits per heavy atom. The number of amides is 1. The molecular formula is C26H30N2O3. The summed E-state index contributed by atoms with van der Waals surface area (Å²) in [5, 5.41) is 3.53. The molecule has 2 aliphatic rings. The number of hydrogen-bond acceptors (Lipinski definition) is 4. The third-order valence-corrected chi connectivity index (χ3v) is 6.07. The van der Waals surface area contributed by atoms with Crippen molar-refractivity contribution in [2.24, 2.45) is 11.3 Å². The molecule has 1 heterocycles. The molecule has 2 aromatic carbocycles. The Bertz CT molecular complexity index is 1070. The largest absolute Gasteiger partial charge is 0.496 e. The molecule has 1 aliphatic heterocycles. The normalized spacial score (nSPS) is 20.0. The Morgan fingerprint density at radius 1 is 1.10 bits per heavy atom. The van der Waals surface area contributed by atoms with Crippen molar-refractivity contribution in [3.8, 4) is 5.75 Å². The van der Waals surface area contributed by atoms with Crippen LogP contribution in [0.4, 0.5) is 11.4 Å². The highest BCUT2D eigenvalue weighted by Crippen LogP contribution is 2.49. The van der Waals surface area contributed by atoms with Crippen LogP contribution in [0.25, 0.3) is 0 Å². The van der Waals surface area contributed by atoms with E-state index >= 15 is 0 Å². The number of ketones is 1. The summed E-state index contributed by atoms with van der Waals surface area (Å²) in [5.74, 6) is 0.473. The summed E-state index contributed by atoms with van der Waals surface area (Å²) in [7, 11) is 1.62. The molecule has 5 nitrogen and oxygen atoms in total. The smallest absolute Gasteiger partial charge is 0.230 e. The van der Waals surface area contributed by atoms with E-state index in [1.807, 2.05) is 62.4 Å². The number of para-hydroxylation sites is 3. The van der Waals surface area contributed by atoms with Crippen LogP contribution in [-0.2, 0) is 9.59 Å². The zero-order valence-electron chi connectivity index (χ0n) is 18.9. The Hall–Kier alpha value is -3.08. The van der Waals surface area contributed by atoms with Gasteiger partial charge in [0.1, 0.15) is 5.75 Å². The molecule has 0 radical (unpaired) electrons. The van der Waals surface area contributed by atoms with Gasteiger partial charge in [0.2, 0.25) is 5.91 Å². The molecule has 0 unspecified atom stereocenters. The number of ether oxygens (including phenoxy) is 1. The van der Waals surface area contributed by atoms with Crippen LogP contribution in [0.5, 0.6) is 5.75 Å². The van der Waals surface area contributed by atoms with Crippen LogP contribution >= 0.6 is 0 Å². The summed E-state index contributed by atoms with van der Waals surface area (Å²) in [5.41, 5.74) is 3.83. The molecule has 0 fully saturated rings. The second-order valence-electron chi connectivity index (χ2n) is 9.48. The van der Waals surface area contributed by atoms with Crippen molar-refractivity contribution in [2.45, 2.75) is 46.6 Å². The van der Waals surface area contributed by atoms with Crippen LogP contribution in [0, 0.1) is 11.3 Å². The van der Waals surface area contributed by atoms with Gasteiger partial charge in [0, 0.05) is 29.2 Å². The molecule has 1 amide bonds. The topological polar surface area (TPSA) is 58.6 Å². The molecule has 5 heteroatoms. The molecule has 162 valence electrons. The van der Waals surface area contributed by atoms with E-state index in [1.165, 1.54) is 0 Å². The average Bonchev–Trinajstić information content (AvgIpc) is 2.86. The van der Waals surface area contributed by atoms with E-state index in [4.69, 9.17) is 4.74 Å². The number of benzene rings is 2. The number of nitrogens with one attached hydrogen (secondary N) is 1. The van der Waals surface area contributed by atoms with E-state index in [0.717, 1.165) is 29.1 Å². The molecule has 0 saturated heterocycles. The Morgan fingerprint density at radius 3 is 2.48 bits per heavy atom. The van der Waals surface area contributed by atoms with Crippen LogP contribution in [0.15, 0.2) is 59.8 Å². The Kier molecular flexibility index (Phi) is 5.38. The third-order valence-electron chi connectivity index (χ3n) is 6.07. The fourth-order valence-corrected chi connectivity index (χ4v) is 4.69.